The Morgan fingerprint density at radius 1 is 1.16 bits per heavy atom. The molecular weight excluding hydrogens is 240 g/mol. The Morgan fingerprint density at radius 3 is 2.37 bits per heavy atom. The number of nitrogens with zero attached hydrogens (tertiary/aromatic N) is 1. The fraction of sp³-hybridized carbons (Fsp3) is 0.867. The van der Waals surface area contributed by atoms with Crippen LogP contribution in [-0.4, -0.2) is 34.3 Å². The van der Waals surface area contributed by atoms with E-state index in [0.29, 0.717) is 0 Å². The summed E-state index contributed by atoms with van der Waals surface area (Å²) in [6.07, 6.45) is 4.49. The van der Waals surface area contributed by atoms with Gasteiger partial charge >= 0.3 is 0 Å². The van der Waals surface area contributed by atoms with Gasteiger partial charge in [0, 0.05) is 6.04 Å². The highest BCUT2D eigenvalue weighted by Gasteiger charge is 2.49. The molecular formula is C15H26N2O2. The lowest BCUT2D eigenvalue weighted by Gasteiger charge is -2.51. The minimum Gasteiger partial charge on any atom is -0.340 e. The normalized spacial score (nSPS) is 34.1. The molecule has 1 saturated heterocycles. The van der Waals surface area contributed by atoms with E-state index < -0.39 is 5.54 Å². The predicted molar refractivity (Wildman–Crippen MR) is 74.6 cm³/mol. The van der Waals surface area contributed by atoms with Crippen LogP contribution < -0.4 is 5.32 Å². The molecule has 0 bridgehead atoms. The van der Waals surface area contributed by atoms with Crippen LogP contribution in [-0.2, 0) is 9.59 Å². The molecule has 4 nitrogen and oxygen atoms in total. The maximum atomic E-state index is 12.7. The Bertz CT molecular complexity index is 401. The van der Waals surface area contributed by atoms with E-state index in [1.807, 2.05) is 11.8 Å². The smallest absolute Gasteiger partial charge is 0.248 e. The third-order valence-corrected chi connectivity index (χ3v) is 4.79. The number of hydrogen-bond donors (Lipinski definition) is 1. The van der Waals surface area contributed by atoms with Gasteiger partial charge in [-0.2, -0.15) is 0 Å². The first kappa shape index (κ1) is 14.4. The summed E-state index contributed by atoms with van der Waals surface area (Å²) in [5.41, 5.74) is -0.688. The summed E-state index contributed by atoms with van der Waals surface area (Å²) >= 11 is 0. The molecule has 2 fully saturated rings. The molecule has 1 aliphatic heterocycles. The van der Waals surface area contributed by atoms with E-state index in [9.17, 15) is 9.59 Å². The summed E-state index contributed by atoms with van der Waals surface area (Å²) in [5, 5.41) is 2.82. The largest absolute Gasteiger partial charge is 0.340 e. The van der Waals surface area contributed by atoms with Crippen molar-refractivity contribution >= 4 is 11.8 Å². The minimum atomic E-state index is -0.781. The van der Waals surface area contributed by atoms with E-state index in [4.69, 9.17) is 0 Å². The van der Waals surface area contributed by atoms with Gasteiger partial charge in [-0.15, -0.1) is 0 Å². The minimum absolute atomic E-state index is 0.0361. The van der Waals surface area contributed by atoms with Gasteiger partial charge < -0.3 is 10.2 Å². The fourth-order valence-corrected chi connectivity index (χ4v) is 3.49. The van der Waals surface area contributed by atoms with E-state index in [1.165, 1.54) is 6.42 Å². The molecule has 0 aromatic heterocycles. The zero-order valence-corrected chi connectivity index (χ0v) is 12.7. The molecule has 2 amide bonds. The lowest BCUT2D eigenvalue weighted by molar-refractivity contribution is -0.160. The molecule has 19 heavy (non-hydrogen) atoms. The van der Waals surface area contributed by atoms with Crippen LogP contribution in [0, 0.1) is 5.41 Å². The molecule has 2 rings (SSSR count). The number of piperazine rings is 1. The van der Waals surface area contributed by atoms with Gasteiger partial charge in [-0.1, -0.05) is 26.7 Å². The van der Waals surface area contributed by atoms with E-state index in [-0.39, 0.29) is 29.3 Å². The Labute approximate surface area is 115 Å². The third kappa shape index (κ3) is 2.37. The molecule has 2 unspecified atom stereocenters. The van der Waals surface area contributed by atoms with Gasteiger partial charge in [0.2, 0.25) is 11.8 Å². The zero-order chi connectivity index (χ0) is 14.4. The Kier molecular flexibility index (Phi) is 3.40. The van der Waals surface area contributed by atoms with Crippen LogP contribution in [0.4, 0.5) is 0 Å². The Balaban J connectivity index is 2.34. The molecule has 0 aromatic rings. The molecule has 1 heterocycles. The van der Waals surface area contributed by atoms with Crippen molar-refractivity contribution in [1.29, 1.82) is 0 Å². The highest BCUT2D eigenvalue weighted by molar-refractivity contribution is 5.99. The van der Waals surface area contributed by atoms with Gasteiger partial charge in [-0.3, -0.25) is 9.59 Å². The molecule has 108 valence electrons. The molecule has 1 N–H and O–H groups in total. The molecule has 0 radical (unpaired) electrons. The van der Waals surface area contributed by atoms with Crippen molar-refractivity contribution in [2.24, 2.45) is 5.41 Å². The highest BCUT2D eigenvalue weighted by Crippen LogP contribution is 2.40. The SMILES string of the molecule is CC1C(=O)NC(C)(C)C(=O)N1C1CCCCC1(C)C. The topological polar surface area (TPSA) is 49.4 Å². The average molecular weight is 266 g/mol. The van der Waals surface area contributed by atoms with Crippen molar-refractivity contribution in [2.45, 2.75) is 77.9 Å². The van der Waals surface area contributed by atoms with Crippen LogP contribution in [0.15, 0.2) is 0 Å². The van der Waals surface area contributed by atoms with Gasteiger partial charge in [0.05, 0.1) is 0 Å². The van der Waals surface area contributed by atoms with Crippen molar-refractivity contribution < 1.29 is 9.59 Å². The lowest BCUT2D eigenvalue weighted by Crippen LogP contribution is -2.71. The van der Waals surface area contributed by atoms with Crippen molar-refractivity contribution in [3.8, 4) is 0 Å². The van der Waals surface area contributed by atoms with Gasteiger partial charge in [0.15, 0.2) is 0 Å². The van der Waals surface area contributed by atoms with Crippen molar-refractivity contribution in [3.05, 3.63) is 0 Å². The standard InChI is InChI=1S/C15H26N2O2/c1-10-12(18)16-15(4,5)13(19)17(10)11-8-6-7-9-14(11,2)3/h10-11H,6-9H2,1-5H3,(H,16,18). The molecule has 2 aliphatic rings. The molecule has 0 spiro atoms. The first-order chi connectivity index (χ1) is 8.67. The second kappa shape index (κ2) is 4.50. The van der Waals surface area contributed by atoms with Gasteiger partial charge in [-0.05, 0) is 39.0 Å². The summed E-state index contributed by atoms with van der Waals surface area (Å²) in [6, 6.07) is -0.183. The van der Waals surface area contributed by atoms with Crippen molar-refractivity contribution in [1.82, 2.24) is 10.2 Å². The summed E-state index contributed by atoms with van der Waals surface area (Å²) in [7, 11) is 0. The predicted octanol–water partition coefficient (Wildman–Crippen LogP) is 2.08. The second-order valence-corrected chi connectivity index (χ2v) is 7.25. The third-order valence-electron chi connectivity index (χ3n) is 4.79. The van der Waals surface area contributed by atoms with Crippen LogP contribution in [0.3, 0.4) is 0 Å². The van der Waals surface area contributed by atoms with Crippen LogP contribution in [0.1, 0.15) is 60.3 Å². The first-order valence-corrected chi connectivity index (χ1v) is 7.31. The highest BCUT2D eigenvalue weighted by atomic mass is 16.2. The number of carbonyl (C=O) groups excluding carboxylic acids is 2. The molecule has 4 heteroatoms. The Morgan fingerprint density at radius 2 is 1.79 bits per heavy atom. The maximum Gasteiger partial charge on any atom is 0.248 e. The second-order valence-electron chi connectivity index (χ2n) is 7.25. The average Bonchev–Trinajstić information content (AvgIpc) is 2.28. The summed E-state index contributed by atoms with van der Waals surface area (Å²) in [6.45, 7) is 9.86. The van der Waals surface area contributed by atoms with Gasteiger partial charge in [-0.25, -0.2) is 0 Å². The van der Waals surface area contributed by atoms with Crippen molar-refractivity contribution in [2.75, 3.05) is 0 Å². The van der Waals surface area contributed by atoms with Crippen LogP contribution >= 0.6 is 0 Å². The van der Waals surface area contributed by atoms with Crippen LogP contribution in [0.5, 0.6) is 0 Å². The monoisotopic (exact) mass is 266 g/mol. The fourth-order valence-electron chi connectivity index (χ4n) is 3.49. The Hall–Kier alpha value is -1.06. The molecule has 2 atom stereocenters. The number of hydrogen-bond acceptors (Lipinski definition) is 2. The van der Waals surface area contributed by atoms with Crippen LogP contribution in [0.25, 0.3) is 0 Å². The van der Waals surface area contributed by atoms with Gasteiger partial charge in [0.1, 0.15) is 11.6 Å². The number of nitrogens with one attached hydrogen (secondary N) is 1. The lowest BCUT2D eigenvalue weighted by atomic mass is 9.71. The number of carbonyl (C=O) groups is 2. The number of amides is 2. The molecule has 1 saturated carbocycles. The van der Waals surface area contributed by atoms with E-state index in [1.54, 1.807) is 13.8 Å². The zero-order valence-electron chi connectivity index (χ0n) is 12.7. The maximum absolute atomic E-state index is 12.7. The van der Waals surface area contributed by atoms with Gasteiger partial charge in [0.25, 0.3) is 0 Å². The summed E-state index contributed by atoms with van der Waals surface area (Å²) in [5.74, 6) is 0.0190. The quantitative estimate of drug-likeness (QED) is 0.790. The van der Waals surface area contributed by atoms with E-state index >= 15 is 0 Å². The summed E-state index contributed by atoms with van der Waals surface area (Å²) < 4.78 is 0. The van der Waals surface area contributed by atoms with E-state index in [2.05, 4.69) is 19.2 Å². The molecule has 0 aromatic carbocycles. The van der Waals surface area contributed by atoms with E-state index in [0.717, 1.165) is 19.3 Å². The van der Waals surface area contributed by atoms with Crippen LogP contribution in [0.2, 0.25) is 0 Å². The van der Waals surface area contributed by atoms with Crippen molar-refractivity contribution in [3.63, 3.8) is 0 Å². The first-order valence-electron chi connectivity index (χ1n) is 7.31. The number of rotatable bonds is 1. The summed E-state index contributed by atoms with van der Waals surface area (Å²) in [4.78, 5) is 26.7. The molecule has 1 aliphatic carbocycles.